The monoisotopic (exact) mass is 451 g/mol. The minimum absolute atomic E-state index is 0.240. The van der Waals surface area contributed by atoms with Crippen molar-refractivity contribution in [3.8, 4) is 0 Å². The van der Waals surface area contributed by atoms with E-state index in [4.69, 9.17) is 23.2 Å². The Balaban J connectivity index is 1.55. The van der Waals surface area contributed by atoms with Crippen molar-refractivity contribution in [2.45, 2.75) is 76.4 Å². The lowest BCUT2D eigenvalue weighted by Crippen LogP contribution is -2.68. The van der Waals surface area contributed by atoms with Gasteiger partial charge in [-0.2, -0.15) is 0 Å². The van der Waals surface area contributed by atoms with E-state index in [0.717, 1.165) is 18.7 Å². The van der Waals surface area contributed by atoms with Crippen LogP contribution in [0, 0.1) is 0 Å². The predicted octanol–water partition coefficient (Wildman–Crippen LogP) is 4.87. The normalized spacial score (nSPS) is 28.0. The average molecular weight is 452 g/mol. The number of unbranched alkanes of at least 4 members (excludes halogenated alkanes) is 1. The second kappa shape index (κ2) is 10.2. The molecule has 166 valence electrons. The van der Waals surface area contributed by atoms with Crippen LogP contribution < -0.4 is 0 Å². The zero-order valence-corrected chi connectivity index (χ0v) is 19.7. The van der Waals surface area contributed by atoms with Gasteiger partial charge in [0.2, 0.25) is 5.91 Å². The molecule has 2 aliphatic heterocycles. The number of amides is 1. The molecule has 1 saturated carbocycles. The van der Waals surface area contributed by atoms with Gasteiger partial charge in [0.25, 0.3) is 0 Å². The quantitative estimate of drug-likeness (QED) is 0.617. The van der Waals surface area contributed by atoms with Crippen molar-refractivity contribution >= 4 is 29.1 Å². The van der Waals surface area contributed by atoms with Crippen LogP contribution in [0.1, 0.15) is 57.4 Å². The summed E-state index contributed by atoms with van der Waals surface area (Å²) in [5.74, 6) is 0.240. The molecule has 0 aromatic heterocycles. The summed E-state index contributed by atoms with van der Waals surface area (Å²) in [6, 6.07) is 6.90. The molecule has 3 aliphatic rings. The van der Waals surface area contributed by atoms with Gasteiger partial charge in [0.05, 0.1) is 22.5 Å². The van der Waals surface area contributed by atoms with Crippen LogP contribution in [0.2, 0.25) is 10.0 Å². The van der Waals surface area contributed by atoms with Crippen molar-refractivity contribution in [3.05, 3.63) is 33.8 Å². The number of carbonyl (C=O) groups excluding carboxylic acids is 1. The van der Waals surface area contributed by atoms with Crippen LogP contribution in [0.4, 0.5) is 0 Å². The first-order valence-electron chi connectivity index (χ1n) is 11.8. The van der Waals surface area contributed by atoms with Gasteiger partial charge in [-0.3, -0.25) is 14.6 Å². The van der Waals surface area contributed by atoms with Gasteiger partial charge in [-0.1, -0.05) is 49.0 Å². The van der Waals surface area contributed by atoms with Crippen molar-refractivity contribution in [3.63, 3.8) is 0 Å². The summed E-state index contributed by atoms with van der Waals surface area (Å²) in [5.41, 5.74) is 0.952. The highest BCUT2D eigenvalue weighted by molar-refractivity contribution is 6.42. The first-order chi connectivity index (χ1) is 14.6. The van der Waals surface area contributed by atoms with Crippen LogP contribution in [-0.2, 0) is 11.2 Å². The van der Waals surface area contributed by atoms with Crippen LogP contribution in [-0.4, -0.2) is 71.5 Å². The van der Waals surface area contributed by atoms with Gasteiger partial charge in [0, 0.05) is 25.2 Å². The largest absolute Gasteiger partial charge is 0.335 e. The zero-order valence-electron chi connectivity index (χ0n) is 18.2. The molecule has 1 amide bonds. The van der Waals surface area contributed by atoms with E-state index in [-0.39, 0.29) is 5.91 Å². The number of carbonyl (C=O) groups is 1. The van der Waals surface area contributed by atoms with E-state index in [1.54, 1.807) is 6.07 Å². The molecule has 1 aromatic carbocycles. The Hall–Kier alpha value is -0.810. The first kappa shape index (κ1) is 22.4. The zero-order chi connectivity index (χ0) is 21.1. The fourth-order valence-electron chi connectivity index (χ4n) is 5.83. The topological polar surface area (TPSA) is 26.8 Å². The Morgan fingerprint density at radius 3 is 2.50 bits per heavy atom. The Morgan fingerprint density at radius 2 is 1.77 bits per heavy atom. The summed E-state index contributed by atoms with van der Waals surface area (Å²) in [7, 11) is 0. The second-order valence-corrected chi connectivity index (χ2v) is 10.0. The van der Waals surface area contributed by atoms with Crippen LogP contribution in [0.15, 0.2) is 18.2 Å². The molecule has 2 saturated heterocycles. The van der Waals surface area contributed by atoms with Crippen LogP contribution in [0.5, 0.6) is 0 Å². The summed E-state index contributed by atoms with van der Waals surface area (Å²) in [5, 5.41) is 1.07. The fourth-order valence-corrected chi connectivity index (χ4v) is 6.15. The van der Waals surface area contributed by atoms with E-state index < -0.39 is 0 Å². The second-order valence-electron chi connectivity index (χ2n) is 9.20. The van der Waals surface area contributed by atoms with Crippen molar-refractivity contribution in [2.24, 2.45) is 0 Å². The number of likely N-dealkylation sites (tertiary alicyclic amines) is 1. The average Bonchev–Trinajstić information content (AvgIpc) is 3.29. The summed E-state index contributed by atoms with van der Waals surface area (Å²) >= 11 is 12.3. The maximum absolute atomic E-state index is 13.5. The third kappa shape index (κ3) is 4.82. The molecule has 2 heterocycles. The number of fused-ring (bicyclic) bond motifs is 1. The summed E-state index contributed by atoms with van der Waals surface area (Å²) in [4.78, 5) is 21.1. The van der Waals surface area contributed by atoms with Crippen molar-refractivity contribution in [2.75, 3.05) is 32.7 Å². The Bertz CT molecular complexity index is 737. The van der Waals surface area contributed by atoms with Crippen molar-refractivity contribution in [1.29, 1.82) is 0 Å². The van der Waals surface area contributed by atoms with Gasteiger partial charge in [0.15, 0.2) is 0 Å². The van der Waals surface area contributed by atoms with Crippen LogP contribution >= 0.6 is 23.2 Å². The number of piperazine rings is 1. The standard InChI is InChI=1S/C24H35Cl2N3O/c1-2-3-11-28-14-15-29(23(30)17-18-9-10-19(25)20(26)16-18)24-21(7-6-8-22(24)28)27-12-4-5-13-27/h9-10,16,21-22,24H,2-8,11-15,17H2,1H3/t21-,22-,24+/m0/s1. The van der Waals surface area contributed by atoms with Gasteiger partial charge in [-0.05, 0) is 69.4 Å². The highest BCUT2D eigenvalue weighted by atomic mass is 35.5. The number of rotatable bonds is 6. The van der Waals surface area contributed by atoms with Gasteiger partial charge < -0.3 is 4.90 Å². The SMILES string of the molecule is CCCCN1CCN(C(=O)Cc2ccc(Cl)c(Cl)c2)[C@@H]2[C@@H](N3CCCC3)CCC[C@@H]21. The maximum Gasteiger partial charge on any atom is 0.227 e. The van der Waals surface area contributed by atoms with Crippen molar-refractivity contribution < 1.29 is 4.79 Å². The molecular weight excluding hydrogens is 417 g/mol. The molecule has 1 aromatic rings. The molecule has 0 spiro atoms. The van der Waals surface area contributed by atoms with Crippen LogP contribution in [0.3, 0.4) is 0 Å². The van der Waals surface area contributed by atoms with Crippen LogP contribution in [0.25, 0.3) is 0 Å². The number of halogens is 2. The Morgan fingerprint density at radius 1 is 1.00 bits per heavy atom. The van der Waals surface area contributed by atoms with E-state index in [1.807, 2.05) is 12.1 Å². The molecular formula is C24H35Cl2N3O. The van der Waals surface area contributed by atoms with Gasteiger partial charge in [-0.25, -0.2) is 0 Å². The van der Waals surface area contributed by atoms with E-state index in [9.17, 15) is 4.79 Å². The molecule has 4 nitrogen and oxygen atoms in total. The molecule has 1 aliphatic carbocycles. The lowest BCUT2D eigenvalue weighted by atomic mass is 9.81. The maximum atomic E-state index is 13.5. The lowest BCUT2D eigenvalue weighted by Gasteiger charge is -2.55. The van der Waals surface area contributed by atoms with E-state index >= 15 is 0 Å². The molecule has 3 atom stereocenters. The third-order valence-corrected chi connectivity index (χ3v) is 8.05. The van der Waals surface area contributed by atoms with Crippen molar-refractivity contribution in [1.82, 2.24) is 14.7 Å². The number of hydrogen-bond donors (Lipinski definition) is 0. The number of nitrogens with zero attached hydrogens (tertiary/aromatic N) is 3. The highest BCUT2D eigenvalue weighted by Crippen LogP contribution is 2.35. The fraction of sp³-hybridized carbons (Fsp3) is 0.708. The van der Waals surface area contributed by atoms with E-state index in [0.29, 0.717) is 34.6 Å². The number of hydrogen-bond acceptors (Lipinski definition) is 3. The summed E-state index contributed by atoms with van der Waals surface area (Å²) < 4.78 is 0. The minimum atomic E-state index is 0.240. The molecule has 0 radical (unpaired) electrons. The molecule has 6 heteroatoms. The molecule has 0 unspecified atom stereocenters. The highest BCUT2D eigenvalue weighted by Gasteiger charge is 2.46. The smallest absolute Gasteiger partial charge is 0.227 e. The summed E-state index contributed by atoms with van der Waals surface area (Å²) in [6.07, 6.45) is 9.18. The number of benzene rings is 1. The molecule has 3 fully saturated rings. The van der Waals surface area contributed by atoms with E-state index in [1.165, 1.54) is 64.6 Å². The lowest BCUT2D eigenvalue weighted by molar-refractivity contribution is -0.142. The van der Waals surface area contributed by atoms with E-state index in [2.05, 4.69) is 21.6 Å². The molecule has 30 heavy (non-hydrogen) atoms. The molecule has 0 bridgehead atoms. The molecule has 0 N–H and O–H groups in total. The third-order valence-electron chi connectivity index (χ3n) is 7.31. The molecule has 4 rings (SSSR count). The van der Waals surface area contributed by atoms with Gasteiger partial charge in [0.1, 0.15) is 0 Å². The minimum Gasteiger partial charge on any atom is -0.335 e. The summed E-state index contributed by atoms with van der Waals surface area (Å²) in [6.45, 7) is 7.66. The van der Waals surface area contributed by atoms with Gasteiger partial charge >= 0.3 is 0 Å². The predicted molar refractivity (Wildman–Crippen MR) is 124 cm³/mol. The first-order valence-corrected chi connectivity index (χ1v) is 12.6. The Labute approximate surface area is 191 Å². The van der Waals surface area contributed by atoms with Gasteiger partial charge in [-0.15, -0.1) is 0 Å². The Kier molecular flexibility index (Phi) is 7.62.